The number of nitrogens with one attached hydrogen (secondary N) is 1. The van der Waals surface area contributed by atoms with Gasteiger partial charge in [-0.1, -0.05) is 30.7 Å². The van der Waals surface area contributed by atoms with Gasteiger partial charge in [-0.3, -0.25) is 4.79 Å². The van der Waals surface area contributed by atoms with Gasteiger partial charge in [-0.25, -0.2) is 0 Å². The largest absolute Gasteiger partial charge is 0.389 e. The third kappa shape index (κ3) is 3.56. The highest BCUT2D eigenvalue weighted by molar-refractivity contribution is 5.76. The van der Waals surface area contributed by atoms with Gasteiger partial charge in [0.2, 0.25) is 5.91 Å². The fourth-order valence-electron chi connectivity index (χ4n) is 2.99. The quantitative estimate of drug-likeness (QED) is 0.533. The summed E-state index contributed by atoms with van der Waals surface area (Å²) in [4.78, 5) is 22.3. The molecular formula is C16H18N4O3. The highest BCUT2D eigenvalue weighted by Gasteiger charge is 2.21. The highest BCUT2D eigenvalue weighted by atomic mass is 16.6. The van der Waals surface area contributed by atoms with Crippen LogP contribution in [0.1, 0.15) is 36.4 Å². The molecular weight excluding hydrogens is 296 g/mol. The van der Waals surface area contributed by atoms with Crippen LogP contribution in [-0.2, 0) is 17.8 Å². The summed E-state index contributed by atoms with van der Waals surface area (Å²) in [6, 6.07) is 9.45. The number of carbonyl (C=O) groups is 1. The number of hydrogen-bond acceptors (Lipinski definition) is 4. The Hall–Kier alpha value is -2.70. The summed E-state index contributed by atoms with van der Waals surface area (Å²) in [7, 11) is 0. The summed E-state index contributed by atoms with van der Waals surface area (Å²) in [6.07, 6.45) is 5.57. The third-order valence-corrected chi connectivity index (χ3v) is 4.07. The minimum absolute atomic E-state index is 0.00764. The van der Waals surface area contributed by atoms with Crippen LogP contribution in [0.4, 0.5) is 5.82 Å². The van der Waals surface area contributed by atoms with Crippen molar-refractivity contribution >= 4 is 11.7 Å². The molecule has 1 amide bonds. The Morgan fingerprint density at radius 1 is 1.35 bits per heavy atom. The van der Waals surface area contributed by atoms with E-state index in [4.69, 9.17) is 0 Å². The van der Waals surface area contributed by atoms with Crippen LogP contribution in [0.3, 0.4) is 0 Å². The molecule has 7 heteroatoms. The molecule has 0 bridgehead atoms. The van der Waals surface area contributed by atoms with Gasteiger partial charge >= 0.3 is 5.82 Å². The van der Waals surface area contributed by atoms with Crippen LogP contribution in [0.5, 0.6) is 0 Å². The van der Waals surface area contributed by atoms with Crippen molar-refractivity contribution < 1.29 is 9.72 Å². The summed E-state index contributed by atoms with van der Waals surface area (Å²) in [5.41, 5.74) is 2.45. The Morgan fingerprint density at radius 2 is 2.17 bits per heavy atom. The lowest BCUT2D eigenvalue weighted by molar-refractivity contribution is -0.389. The Labute approximate surface area is 133 Å². The number of aromatic nitrogens is 2. The number of hydrogen-bond donors (Lipinski definition) is 1. The summed E-state index contributed by atoms with van der Waals surface area (Å²) in [5.74, 6) is -0.442. The number of fused-ring (bicyclic) bond motifs is 1. The number of aryl methyl sites for hydroxylation is 1. The summed E-state index contributed by atoms with van der Waals surface area (Å²) >= 11 is 0. The molecule has 0 radical (unpaired) electrons. The highest BCUT2D eigenvalue weighted by Crippen LogP contribution is 2.28. The van der Waals surface area contributed by atoms with Crippen LogP contribution < -0.4 is 5.32 Å². The van der Waals surface area contributed by atoms with Crippen molar-refractivity contribution in [2.75, 3.05) is 0 Å². The van der Waals surface area contributed by atoms with Gasteiger partial charge in [0.25, 0.3) is 0 Å². The van der Waals surface area contributed by atoms with Gasteiger partial charge in [-0.2, -0.15) is 4.68 Å². The van der Waals surface area contributed by atoms with Crippen LogP contribution in [-0.4, -0.2) is 20.6 Å². The van der Waals surface area contributed by atoms with E-state index in [1.165, 1.54) is 28.1 Å². The van der Waals surface area contributed by atoms with Crippen molar-refractivity contribution in [3.63, 3.8) is 0 Å². The number of carbonyl (C=O) groups excluding carboxylic acids is 1. The van der Waals surface area contributed by atoms with Crippen molar-refractivity contribution in [2.24, 2.45) is 0 Å². The SMILES string of the molecule is O=C(Cn1ccc([N+](=O)[O-])n1)N[C@H]1CCCCc2ccccc21. The van der Waals surface area contributed by atoms with Crippen molar-refractivity contribution in [3.05, 3.63) is 57.8 Å². The van der Waals surface area contributed by atoms with Gasteiger partial charge < -0.3 is 15.4 Å². The summed E-state index contributed by atoms with van der Waals surface area (Å²) in [5, 5.41) is 17.4. The molecule has 2 aromatic rings. The normalized spacial score (nSPS) is 17.1. The minimum atomic E-state index is -0.573. The van der Waals surface area contributed by atoms with E-state index in [0.29, 0.717) is 0 Å². The zero-order valence-electron chi connectivity index (χ0n) is 12.6. The molecule has 1 atom stereocenters. The van der Waals surface area contributed by atoms with E-state index in [1.54, 1.807) is 0 Å². The molecule has 1 aromatic heterocycles. The Balaban J connectivity index is 1.68. The Kier molecular flexibility index (Phi) is 4.36. The fraction of sp³-hybridized carbons (Fsp3) is 0.375. The lowest BCUT2D eigenvalue weighted by atomic mass is 9.99. The van der Waals surface area contributed by atoms with Gasteiger partial charge in [0.15, 0.2) is 0 Å². The lowest BCUT2D eigenvalue weighted by Crippen LogP contribution is -2.31. The van der Waals surface area contributed by atoms with Crippen LogP contribution in [0.2, 0.25) is 0 Å². The van der Waals surface area contributed by atoms with Gasteiger partial charge in [0, 0.05) is 0 Å². The number of amides is 1. The maximum absolute atomic E-state index is 12.2. The van der Waals surface area contributed by atoms with Crippen molar-refractivity contribution in [1.82, 2.24) is 15.1 Å². The van der Waals surface area contributed by atoms with Crippen molar-refractivity contribution in [2.45, 2.75) is 38.3 Å². The molecule has 3 rings (SSSR count). The third-order valence-electron chi connectivity index (χ3n) is 4.07. The maximum atomic E-state index is 12.2. The first-order chi connectivity index (χ1) is 11.1. The first-order valence-corrected chi connectivity index (χ1v) is 7.68. The second-order valence-electron chi connectivity index (χ2n) is 5.69. The van der Waals surface area contributed by atoms with Crippen LogP contribution >= 0.6 is 0 Å². The molecule has 23 heavy (non-hydrogen) atoms. The standard InChI is InChI=1S/C16H18N4O3/c21-16(11-19-10-9-15(18-19)20(22)23)17-14-8-4-2-6-12-5-1-3-7-13(12)14/h1,3,5,7,9-10,14H,2,4,6,8,11H2,(H,17,21)/t14-/m0/s1. The van der Waals surface area contributed by atoms with E-state index in [2.05, 4.69) is 22.5 Å². The molecule has 120 valence electrons. The molecule has 1 aromatic carbocycles. The van der Waals surface area contributed by atoms with Gasteiger partial charge in [-0.05, 0) is 35.3 Å². The first-order valence-electron chi connectivity index (χ1n) is 7.68. The fourth-order valence-corrected chi connectivity index (χ4v) is 2.99. The molecule has 1 N–H and O–H groups in total. The predicted molar refractivity (Wildman–Crippen MR) is 83.8 cm³/mol. The molecule has 0 saturated carbocycles. The second kappa shape index (κ2) is 6.60. The van der Waals surface area contributed by atoms with E-state index in [-0.39, 0.29) is 24.3 Å². The Bertz CT molecular complexity index is 726. The van der Waals surface area contributed by atoms with E-state index < -0.39 is 4.92 Å². The van der Waals surface area contributed by atoms with E-state index in [1.807, 2.05) is 12.1 Å². The van der Waals surface area contributed by atoms with Crippen LogP contribution in [0.15, 0.2) is 36.5 Å². The molecule has 0 aliphatic heterocycles. The first kappa shape index (κ1) is 15.2. The molecule has 0 unspecified atom stereocenters. The molecule has 1 heterocycles. The second-order valence-corrected chi connectivity index (χ2v) is 5.69. The molecule has 7 nitrogen and oxygen atoms in total. The minimum Gasteiger partial charge on any atom is -0.358 e. The van der Waals surface area contributed by atoms with Crippen molar-refractivity contribution in [3.8, 4) is 0 Å². The molecule has 0 saturated heterocycles. The monoisotopic (exact) mass is 314 g/mol. The van der Waals surface area contributed by atoms with Gasteiger partial charge in [0.05, 0.1) is 23.4 Å². The topological polar surface area (TPSA) is 90.1 Å². The van der Waals surface area contributed by atoms with Crippen LogP contribution in [0.25, 0.3) is 0 Å². The van der Waals surface area contributed by atoms with E-state index in [9.17, 15) is 14.9 Å². The maximum Gasteiger partial charge on any atom is 0.389 e. The predicted octanol–water partition coefficient (Wildman–Crippen LogP) is 2.38. The zero-order chi connectivity index (χ0) is 16.2. The number of nitro groups is 1. The number of rotatable bonds is 4. The van der Waals surface area contributed by atoms with E-state index in [0.717, 1.165) is 25.7 Å². The van der Waals surface area contributed by atoms with Crippen molar-refractivity contribution in [1.29, 1.82) is 0 Å². The molecule has 0 spiro atoms. The zero-order valence-corrected chi connectivity index (χ0v) is 12.6. The Morgan fingerprint density at radius 3 is 2.96 bits per heavy atom. The van der Waals surface area contributed by atoms with Gasteiger partial charge in [-0.15, -0.1) is 0 Å². The van der Waals surface area contributed by atoms with Crippen LogP contribution in [0, 0.1) is 10.1 Å². The van der Waals surface area contributed by atoms with Gasteiger partial charge in [0.1, 0.15) is 6.54 Å². The summed E-state index contributed by atoms with van der Waals surface area (Å²) in [6.45, 7) is -0.0213. The smallest absolute Gasteiger partial charge is 0.358 e. The number of nitrogens with zero attached hydrogens (tertiary/aromatic N) is 3. The average Bonchev–Trinajstić information content (AvgIpc) is 2.90. The van der Waals surface area contributed by atoms with E-state index >= 15 is 0 Å². The number of benzene rings is 1. The molecule has 1 aliphatic carbocycles. The summed E-state index contributed by atoms with van der Waals surface area (Å²) < 4.78 is 1.29. The molecule has 1 aliphatic rings. The molecule has 0 fully saturated rings. The lowest BCUT2D eigenvalue weighted by Gasteiger charge is -2.19. The average molecular weight is 314 g/mol.